The number of hydrogen-bond donors (Lipinski definition) is 0. The Bertz CT molecular complexity index is 911. The Morgan fingerprint density at radius 2 is 1.38 bits per heavy atom. The molecule has 0 saturated heterocycles. The molecule has 120 valence electrons. The van der Waals surface area contributed by atoms with Gasteiger partial charge >= 0.3 is 5.97 Å². The summed E-state index contributed by atoms with van der Waals surface area (Å²) in [6.45, 7) is 3.28. The lowest BCUT2D eigenvalue weighted by Crippen LogP contribution is -2.29. The number of rotatable bonds is 3. The maximum Gasteiger partial charge on any atom is 0.304 e. The van der Waals surface area contributed by atoms with Gasteiger partial charge in [0.1, 0.15) is 10.0 Å². The van der Waals surface area contributed by atoms with Crippen molar-refractivity contribution in [2.75, 3.05) is 0 Å². The van der Waals surface area contributed by atoms with Gasteiger partial charge in [-0.25, -0.2) is 9.97 Å². The zero-order valence-electron chi connectivity index (χ0n) is 13.1. The van der Waals surface area contributed by atoms with E-state index in [1.807, 2.05) is 55.5 Å². The Morgan fingerprint density at radius 3 is 1.79 bits per heavy atom. The SMILES string of the molecule is CC(=O)OC(C)(c1nc2ccccc2s1)c1nc2ccccc2s1. The number of hydrogen-bond acceptors (Lipinski definition) is 6. The molecule has 6 heteroatoms. The molecule has 0 fully saturated rings. The number of para-hydroxylation sites is 2. The second kappa shape index (κ2) is 5.65. The molecule has 4 rings (SSSR count). The van der Waals surface area contributed by atoms with Crippen LogP contribution in [-0.2, 0) is 15.1 Å². The highest BCUT2D eigenvalue weighted by Crippen LogP contribution is 2.41. The molecule has 0 atom stereocenters. The molecule has 2 heterocycles. The third-order valence-corrected chi connectivity index (χ3v) is 6.23. The number of benzene rings is 2. The summed E-state index contributed by atoms with van der Waals surface area (Å²) in [5, 5.41) is 1.47. The number of carbonyl (C=O) groups is 1. The molecule has 2 aromatic carbocycles. The number of esters is 1. The van der Waals surface area contributed by atoms with Gasteiger partial charge in [-0.3, -0.25) is 4.79 Å². The Hall–Kier alpha value is -2.31. The summed E-state index contributed by atoms with van der Waals surface area (Å²) >= 11 is 3.06. The van der Waals surface area contributed by atoms with Crippen LogP contribution in [0, 0.1) is 0 Å². The van der Waals surface area contributed by atoms with Gasteiger partial charge < -0.3 is 4.74 Å². The number of thiazole rings is 2. The molecule has 2 aromatic heterocycles. The van der Waals surface area contributed by atoms with Crippen molar-refractivity contribution in [3.05, 3.63) is 58.5 Å². The maximum atomic E-state index is 11.8. The third-order valence-electron chi connectivity index (χ3n) is 3.75. The van der Waals surface area contributed by atoms with Crippen LogP contribution in [0.2, 0.25) is 0 Å². The average molecular weight is 354 g/mol. The van der Waals surface area contributed by atoms with Crippen molar-refractivity contribution in [1.82, 2.24) is 9.97 Å². The summed E-state index contributed by atoms with van der Waals surface area (Å²) < 4.78 is 7.85. The molecule has 0 spiro atoms. The van der Waals surface area contributed by atoms with Gasteiger partial charge in [-0.1, -0.05) is 24.3 Å². The molecular formula is C18H14N2O2S2. The number of aromatic nitrogens is 2. The first kappa shape index (κ1) is 15.2. The van der Waals surface area contributed by atoms with Crippen LogP contribution in [0.4, 0.5) is 0 Å². The highest BCUT2D eigenvalue weighted by atomic mass is 32.1. The fourth-order valence-electron chi connectivity index (χ4n) is 2.62. The first-order chi connectivity index (χ1) is 11.6. The predicted octanol–water partition coefficient (Wildman–Crippen LogP) is 4.73. The van der Waals surface area contributed by atoms with E-state index in [2.05, 4.69) is 0 Å². The van der Waals surface area contributed by atoms with Crippen molar-refractivity contribution >= 4 is 49.1 Å². The van der Waals surface area contributed by atoms with Crippen molar-refractivity contribution in [1.29, 1.82) is 0 Å². The van der Waals surface area contributed by atoms with Crippen LogP contribution in [0.25, 0.3) is 20.4 Å². The lowest BCUT2D eigenvalue weighted by molar-refractivity contribution is -0.152. The van der Waals surface area contributed by atoms with E-state index in [4.69, 9.17) is 14.7 Å². The van der Waals surface area contributed by atoms with Crippen LogP contribution >= 0.6 is 22.7 Å². The second-order valence-corrected chi connectivity index (χ2v) is 7.66. The molecule has 4 aromatic rings. The largest absolute Gasteiger partial charge is 0.445 e. The maximum absolute atomic E-state index is 11.8. The molecule has 0 aliphatic carbocycles. The van der Waals surface area contributed by atoms with Gasteiger partial charge in [-0.05, 0) is 31.2 Å². The van der Waals surface area contributed by atoms with Gasteiger partial charge in [0.15, 0.2) is 0 Å². The Kier molecular flexibility index (Phi) is 3.58. The second-order valence-electron chi connectivity index (χ2n) is 5.60. The lowest BCUT2D eigenvalue weighted by Gasteiger charge is -2.24. The minimum Gasteiger partial charge on any atom is -0.445 e. The van der Waals surface area contributed by atoms with Crippen molar-refractivity contribution in [3.63, 3.8) is 0 Å². The van der Waals surface area contributed by atoms with Crippen molar-refractivity contribution < 1.29 is 9.53 Å². The summed E-state index contributed by atoms with van der Waals surface area (Å²) in [7, 11) is 0. The van der Waals surface area contributed by atoms with Crippen LogP contribution in [0.1, 0.15) is 23.9 Å². The third kappa shape index (κ3) is 2.48. The van der Waals surface area contributed by atoms with Crippen LogP contribution in [0.3, 0.4) is 0 Å². The van der Waals surface area contributed by atoms with Gasteiger partial charge in [0.25, 0.3) is 0 Å². The van der Waals surface area contributed by atoms with Crippen molar-refractivity contribution in [2.24, 2.45) is 0 Å². The molecule has 0 amide bonds. The predicted molar refractivity (Wildman–Crippen MR) is 97.5 cm³/mol. The fourth-order valence-corrected chi connectivity index (χ4v) is 4.78. The zero-order valence-corrected chi connectivity index (χ0v) is 14.8. The van der Waals surface area contributed by atoms with Crippen LogP contribution < -0.4 is 0 Å². The molecule has 0 saturated carbocycles. The van der Waals surface area contributed by atoms with Crippen LogP contribution in [-0.4, -0.2) is 15.9 Å². The summed E-state index contributed by atoms with van der Waals surface area (Å²) in [5.74, 6) is -0.351. The van der Waals surface area contributed by atoms with E-state index >= 15 is 0 Å². The number of fused-ring (bicyclic) bond motifs is 2. The number of nitrogens with zero attached hydrogens (tertiary/aromatic N) is 2. The smallest absolute Gasteiger partial charge is 0.304 e. The quantitative estimate of drug-likeness (QED) is 0.499. The number of carbonyl (C=O) groups excluding carboxylic acids is 1. The van der Waals surface area contributed by atoms with Crippen molar-refractivity contribution in [3.8, 4) is 0 Å². The van der Waals surface area contributed by atoms with Gasteiger partial charge in [-0.2, -0.15) is 0 Å². The van der Waals surface area contributed by atoms with E-state index in [1.165, 1.54) is 29.6 Å². The van der Waals surface area contributed by atoms with E-state index < -0.39 is 5.60 Å². The summed E-state index contributed by atoms with van der Waals surface area (Å²) in [5.41, 5.74) is 0.813. The highest BCUT2D eigenvalue weighted by molar-refractivity contribution is 7.20. The molecule has 0 aliphatic heterocycles. The number of ether oxygens (including phenoxy) is 1. The van der Waals surface area contributed by atoms with Crippen molar-refractivity contribution in [2.45, 2.75) is 19.4 Å². The van der Waals surface area contributed by atoms with E-state index in [9.17, 15) is 4.79 Å². The highest BCUT2D eigenvalue weighted by Gasteiger charge is 2.39. The first-order valence-electron chi connectivity index (χ1n) is 7.48. The van der Waals surface area contributed by atoms with E-state index in [0.29, 0.717) is 0 Å². The fraction of sp³-hybridized carbons (Fsp3) is 0.167. The first-order valence-corrected chi connectivity index (χ1v) is 9.11. The zero-order chi connectivity index (χ0) is 16.7. The lowest BCUT2D eigenvalue weighted by atomic mass is 10.1. The van der Waals surface area contributed by atoms with E-state index in [-0.39, 0.29) is 5.97 Å². The van der Waals surface area contributed by atoms with Gasteiger partial charge in [0, 0.05) is 6.92 Å². The van der Waals surface area contributed by atoms with Crippen LogP contribution in [0.15, 0.2) is 48.5 Å². The monoisotopic (exact) mass is 354 g/mol. The molecule has 0 bridgehead atoms. The normalized spacial score (nSPS) is 11.9. The Balaban J connectivity index is 1.92. The minimum atomic E-state index is -0.987. The standard InChI is InChI=1S/C18H14N2O2S2/c1-11(21)22-18(2,16-19-12-7-3-5-9-14(12)23-16)17-20-13-8-4-6-10-15(13)24-17/h3-10H,1-2H3. The Labute approximate surface area is 146 Å². The summed E-state index contributed by atoms with van der Waals surface area (Å²) in [6, 6.07) is 15.8. The molecule has 0 aliphatic rings. The summed E-state index contributed by atoms with van der Waals surface area (Å²) in [4.78, 5) is 21.2. The topological polar surface area (TPSA) is 52.1 Å². The average Bonchev–Trinajstić information content (AvgIpc) is 3.18. The van der Waals surface area contributed by atoms with Gasteiger partial charge in [-0.15, -0.1) is 22.7 Å². The van der Waals surface area contributed by atoms with E-state index in [1.54, 1.807) is 0 Å². The molecule has 4 nitrogen and oxygen atoms in total. The minimum absolute atomic E-state index is 0.351. The molecule has 24 heavy (non-hydrogen) atoms. The molecule has 0 N–H and O–H groups in total. The van der Waals surface area contributed by atoms with E-state index in [0.717, 1.165) is 30.4 Å². The van der Waals surface area contributed by atoms with Crippen LogP contribution in [0.5, 0.6) is 0 Å². The van der Waals surface area contributed by atoms with Gasteiger partial charge in [0.05, 0.1) is 20.4 Å². The molecular weight excluding hydrogens is 340 g/mol. The molecule has 0 unspecified atom stereocenters. The summed E-state index contributed by atoms with van der Waals surface area (Å²) in [6.07, 6.45) is 0. The molecule has 0 radical (unpaired) electrons. The van der Waals surface area contributed by atoms with Gasteiger partial charge in [0.2, 0.25) is 5.60 Å². The Morgan fingerprint density at radius 1 is 0.917 bits per heavy atom.